The van der Waals surface area contributed by atoms with Gasteiger partial charge >= 0.3 is 64.3 Å². The zero-order valence-electron chi connectivity index (χ0n) is 12.1. The number of benzene rings is 2. The van der Waals surface area contributed by atoms with Crippen LogP contribution >= 0.6 is 0 Å². The van der Waals surface area contributed by atoms with E-state index in [1.165, 1.54) is 18.2 Å². The fourth-order valence-corrected chi connectivity index (χ4v) is 1.84. The summed E-state index contributed by atoms with van der Waals surface area (Å²) in [6, 6.07) is 8.23. The summed E-state index contributed by atoms with van der Waals surface area (Å²) >= 11 is 0. The summed E-state index contributed by atoms with van der Waals surface area (Å²) in [6.45, 7) is -6.85. The molecular formula is C14H10BF6KO. The van der Waals surface area contributed by atoms with E-state index in [0.717, 1.165) is 18.2 Å². The maximum absolute atomic E-state index is 13.9. The topological polar surface area (TPSA) is 9.23 Å². The number of hydrogen-bond donors (Lipinski definition) is 0. The maximum Gasteiger partial charge on any atom is 1.00 e. The van der Waals surface area contributed by atoms with E-state index >= 15 is 0 Å². The first kappa shape index (κ1) is 20.6. The number of halogens is 6. The SMILES string of the molecule is Fc1ccc(OCC(F)(F)c2ccccc2)c([B-](F)(F)F)c1.[K+]. The molecule has 2 aromatic carbocycles. The van der Waals surface area contributed by atoms with Gasteiger partial charge in [0.2, 0.25) is 0 Å². The fourth-order valence-electron chi connectivity index (χ4n) is 1.84. The van der Waals surface area contributed by atoms with Crippen LogP contribution in [0.25, 0.3) is 0 Å². The molecule has 0 heterocycles. The number of hydrogen-bond acceptors (Lipinski definition) is 1. The second kappa shape index (κ2) is 8.07. The van der Waals surface area contributed by atoms with Crippen molar-refractivity contribution < 1.29 is 82.2 Å². The number of rotatable bonds is 5. The second-order valence-electron chi connectivity index (χ2n) is 4.62. The van der Waals surface area contributed by atoms with Gasteiger partial charge in [-0.1, -0.05) is 35.8 Å². The Morgan fingerprint density at radius 3 is 2.13 bits per heavy atom. The minimum absolute atomic E-state index is 0. The van der Waals surface area contributed by atoms with Gasteiger partial charge in [0, 0.05) is 5.56 Å². The zero-order chi connectivity index (χ0) is 16.4. The van der Waals surface area contributed by atoms with E-state index in [1.807, 2.05) is 0 Å². The standard InChI is InChI=1S/C14H10BF6O.K/c16-11-6-7-13(12(8-11)15(19,20)21)22-9-14(17,18)10-4-2-1-3-5-10;/h1-8H,9H2;/q-1;+1. The largest absolute Gasteiger partial charge is 1.00 e. The Hall–Kier alpha value is -0.479. The van der Waals surface area contributed by atoms with Gasteiger partial charge in [-0.3, -0.25) is 0 Å². The third-order valence-corrected chi connectivity index (χ3v) is 2.93. The van der Waals surface area contributed by atoms with E-state index in [4.69, 9.17) is 0 Å². The van der Waals surface area contributed by atoms with Crippen molar-refractivity contribution in [2.24, 2.45) is 0 Å². The molecule has 0 aliphatic heterocycles. The molecule has 118 valence electrons. The van der Waals surface area contributed by atoms with Crippen LogP contribution in [0.15, 0.2) is 48.5 Å². The van der Waals surface area contributed by atoms with Gasteiger partial charge in [-0.25, -0.2) is 4.39 Å². The summed E-state index contributed by atoms with van der Waals surface area (Å²) in [5, 5.41) is 0. The van der Waals surface area contributed by atoms with Gasteiger partial charge in [-0.15, -0.1) is 0 Å². The average Bonchev–Trinajstić information content (AvgIpc) is 2.46. The molecule has 2 rings (SSSR count). The Morgan fingerprint density at radius 2 is 1.57 bits per heavy atom. The maximum atomic E-state index is 13.9. The molecule has 0 saturated heterocycles. The van der Waals surface area contributed by atoms with Crippen LogP contribution in [-0.2, 0) is 5.92 Å². The van der Waals surface area contributed by atoms with Crippen LogP contribution < -0.4 is 61.6 Å². The molecule has 0 amide bonds. The summed E-state index contributed by atoms with van der Waals surface area (Å²) in [5.74, 6) is -5.40. The molecule has 0 fully saturated rings. The summed E-state index contributed by atoms with van der Waals surface area (Å²) in [7, 11) is 0. The summed E-state index contributed by atoms with van der Waals surface area (Å²) < 4.78 is 83.7. The molecule has 1 nitrogen and oxygen atoms in total. The zero-order valence-corrected chi connectivity index (χ0v) is 15.2. The van der Waals surface area contributed by atoms with Crippen LogP contribution in [0.3, 0.4) is 0 Å². The van der Waals surface area contributed by atoms with Crippen LogP contribution in [-0.4, -0.2) is 13.6 Å². The third kappa shape index (κ3) is 5.53. The molecule has 0 atom stereocenters. The van der Waals surface area contributed by atoms with Crippen molar-refractivity contribution in [1.82, 2.24) is 0 Å². The van der Waals surface area contributed by atoms with Gasteiger partial charge in [0.15, 0.2) is 6.61 Å². The van der Waals surface area contributed by atoms with E-state index < -0.39 is 36.5 Å². The van der Waals surface area contributed by atoms with E-state index in [1.54, 1.807) is 0 Å². The van der Waals surface area contributed by atoms with Crippen LogP contribution in [0, 0.1) is 5.82 Å². The molecule has 0 aromatic heterocycles. The van der Waals surface area contributed by atoms with Gasteiger partial charge < -0.3 is 17.7 Å². The van der Waals surface area contributed by atoms with Gasteiger partial charge in [0.1, 0.15) is 5.82 Å². The van der Waals surface area contributed by atoms with E-state index in [0.29, 0.717) is 6.07 Å². The molecule has 0 spiro atoms. The Kier molecular flexibility index (Phi) is 7.21. The molecule has 2 aromatic rings. The Labute approximate surface area is 171 Å². The number of alkyl halides is 2. The molecular weight excluding hydrogens is 348 g/mol. The molecule has 9 heteroatoms. The summed E-state index contributed by atoms with van der Waals surface area (Å²) in [5.41, 5.74) is -1.75. The molecule has 0 saturated carbocycles. The van der Waals surface area contributed by atoms with Gasteiger partial charge in [0.05, 0.1) is 5.75 Å². The van der Waals surface area contributed by atoms with Crippen LogP contribution in [0.5, 0.6) is 5.75 Å². The molecule has 0 unspecified atom stereocenters. The van der Waals surface area contributed by atoms with Crippen molar-refractivity contribution >= 4 is 12.4 Å². The van der Waals surface area contributed by atoms with Gasteiger partial charge in [-0.2, -0.15) is 8.78 Å². The fraction of sp³-hybridized carbons (Fsp3) is 0.143. The van der Waals surface area contributed by atoms with E-state index in [-0.39, 0.29) is 63.0 Å². The number of ether oxygens (including phenoxy) is 1. The van der Waals surface area contributed by atoms with Crippen molar-refractivity contribution in [3.05, 3.63) is 59.9 Å². The molecule has 23 heavy (non-hydrogen) atoms. The van der Waals surface area contributed by atoms with Gasteiger partial charge in [0.25, 0.3) is 0 Å². The minimum Gasteiger partial charge on any atom is -0.490 e. The van der Waals surface area contributed by atoms with Crippen molar-refractivity contribution in [3.8, 4) is 5.75 Å². The second-order valence-corrected chi connectivity index (χ2v) is 4.62. The Morgan fingerprint density at radius 1 is 0.957 bits per heavy atom. The van der Waals surface area contributed by atoms with Crippen LogP contribution in [0.1, 0.15) is 5.56 Å². The normalized spacial score (nSPS) is 11.7. The Bertz CT molecular complexity index is 647. The molecule has 0 N–H and O–H groups in total. The third-order valence-electron chi connectivity index (χ3n) is 2.93. The van der Waals surface area contributed by atoms with Crippen molar-refractivity contribution in [3.63, 3.8) is 0 Å². The predicted octanol–water partition coefficient (Wildman–Crippen LogP) is 1.05. The van der Waals surface area contributed by atoms with Gasteiger partial charge in [-0.05, 0) is 18.2 Å². The van der Waals surface area contributed by atoms with Crippen molar-refractivity contribution in [2.75, 3.05) is 6.61 Å². The monoisotopic (exact) mass is 358 g/mol. The smallest absolute Gasteiger partial charge is 0.490 e. The average molecular weight is 358 g/mol. The quantitative estimate of drug-likeness (QED) is 0.574. The van der Waals surface area contributed by atoms with Crippen molar-refractivity contribution in [1.29, 1.82) is 0 Å². The van der Waals surface area contributed by atoms with Crippen LogP contribution in [0.4, 0.5) is 26.1 Å². The summed E-state index contributed by atoms with van der Waals surface area (Å²) in [6.07, 6.45) is 0. The Balaban J connectivity index is 0.00000264. The first-order valence-corrected chi connectivity index (χ1v) is 6.26. The molecule has 0 aliphatic rings. The molecule has 0 aliphatic carbocycles. The summed E-state index contributed by atoms with van der Waals surface area (Å²) in [4.78, 5) is 0. The van der Waals surface area contributed by atoms with Crippen LogP contribution in [0.2, 0.25) is 0 Å². The minimum atomic E-state index is -5.57. The van der Waals surface area contributed by atoms with Crippen molar-refractivity contribution in [2.45, 2.75) is 5.92 Å². The van der Waals surface area contributed by atoms with E-state index in [2.05, 4.69) is 4.74 Å². The van der Waals surface area contributed by atoms with E-state index in [9.17, 15) is 26.1 Å². The first-order chi connectivity index (χ1) is 10.2. The predicted molar refractivity (Wildman–Crippen MR) is 70.9 cm³/mol. The first-order valence-electron chi connectivity index (χ1n) is 6.26. The molecule has 0 radical (unpaired) electrons. The molecule has 0 bridgehead atoms.